The third kappa shape index (κ3) is 4.04. The number of rotatable bonds is 4. The first-order chi connectivity index (χ1) is 15.4. The minimum absolute atomic E-state index is 0.216. The molecular weight excluding hydrogens is 465 g/mol. The molecule has 7 nitrogen and oxygen atoms in total. The van der Waals surface area contributed by atoms with Crippen LogP contribution in [0.2, 0.25) is 5.02 Å². The van der Waals surface area contributed by atoms with Crippen molar-refractivity contribution in [2.75, 3.05) is 0 Å². The Hall–Kier alpha value is -3.44. The quantitative estimate of drug-likeness (QED) is 0.310. The first-order valence-corrected chi connectivity index (χ1v) is 10.2. The Kier molecular flexibility index (Phi) is 5.06. The highest BCUT2D eigenvalue weighted by Crippen LogP contribution is 2.34. The second kappa shape index (κ2) is 7.92. The summed E-state index contributed by atoms with van der Waals surface area (Å²) < 4.78 is 46.6. The number of halogens is 4. The van der Waals surface area contributed by atoms with Crippen molar-refractivity contribution in [3.05, 3.63) is 71.5 Å². The lowest BCUT2D eigenvalue weighted by Crippen LogP contribution is -2.05. The van der Waals surface area contributed by atoms with E-state index in [2.05, 4.69) is 25.3 Å². The van der Waals surface area contributed by atoms with Crippen molar-refractivity contribution in [3.8, 4) is 22.7 Å². The summed E-state index contributed by atoms with van der Waals surface area (Å²) in [4.78, 5) is 8.39. The van der Waals surface area contributed by atoms with Crippen LogP contribution in [0.15, 0.2) is 75.6 Å². The monoisotopic (exact) mass is 474 g/mol. The number of hydrogen-bond donors (Lipinski definition) is 0. The Balaban J connectivity index is 1.52. The molecule has 12 heteroatoms. The fourth-order valence-corrected chi connectivity index (χ4v) is 3.80. The van der Waals surface area contributed by atoms with Crippen LogP contribution in [0.5, 0.6) is 0 Å². The minimum Gasteiger partial charge on any atom is -0.411 e. The van der Waals surface area contributed by atoms with E-state index in [9.17, 15) is 13.2 Å². The molecule has 2 aromatic carbocycles. The lowest BCUT2D eigenvalue weighted by atomic mass is 10.1. The summed E-state index contributed by atoms with van der Waals surface area (Å²) >= 11 is 6.99. The molecule has 0 amide bonds. The Bertz CT molecular complexity index is 1420. The van der Waals surface area contributed by atoms with Crippen molar-refractivity contribution in [2.24, 2.45) is 0 Å². The van der Waals surface area contributed by atoms with Crippen LogP contribution in [-0.4, -0.2) is 29.8 Å². The molecule has 160 valence electrons. The van der Waals surface area contributed by atoms with Gasteiger partial charge in [0.2, 0.25) is 5.89 Å². The first kappa shape index (κ1) is 20.5. The lowest BCUT2D eigenvalue weighted by Gasteiger charge is -2.09. The third-order valence-corrected chi connectivity index (χ3v) is 5.49. The molecular formula is C20H10ClF3N6OS. The molecule has 5 rings (SSSR count). The molecule has 0 saturated carbocycles. The van der Waals surface area contributed by atoms with Gasteiger partial charge in [0, 0.05) is 16.1 Å². The maximum atomic E-state index is 13.1. The van der Waals surface area contributed by atoms with Crippen molar-refractivity contribution in [2.45, 2.75) is 16.4 Å². The average molecular weight is 475 g/mol. The zero-order chi connectivity index (χ0) is 22.3. The van der Waals surface area contributed by atoms with Gasteiger partial charge < -0.3 is 4.42 Å². The van der Waals surface area contributed by atoms with Gasteiger partial charge in [0.15, 0.2) is 0 Å². The fourth-order valence-electron chi connectivity index (χ4n) is 2.91. The average Bonchev–Trinajstić information content (AvgIpc) is 3.43. The fraction of sp³-hybridized carbons (Fsp3) is 0.0500. The highest BCUT2D eigenvalue weighted by Gasteiger charge is 2.30. The maximum absolute atomic E-state index is 13.1. The molecule has 0 unspecified atom stereocenters. The van der Waals surface area contributed by atoms with Gasteiger partial charge in [0.1, 0.15) is 11.4 Å². The summed E-state index contributed by atoms with van der Waals surface area (Å²) in [5, 5.41) is 13.5. The molecule has 32 heavy (non-hydrogen) atoms. The smallest absolute Gasteiger partial charge is 0.411 e. The van der Waals surface area contributed by atoms with E-state index < -0.39 is 11.7 Å². The van der Waals surface area contributed by atoms with Crippen molar-refractivity contribution in [1.29, 1.82) is 0 Å². The molecule has 0 bridgehead atoms. The molecule has 0 aliphatic carbocycles. The molecule has 0 N–H and O–H groups in total. The van der Waals surface area contributed by atoms with Crippen LogP contribution in [0.3, 0.4) is 0 Å². The van der Waals surface area contributed by atoms with Crippen LogP contribution in [0, 0.1) is 0 Å². The zero-order valence-electron chi connectivity index (χ0n) is 15.8. The number of aromatic nitrogens is 6. The number of benzene rings is 2. The molecule has 0 radical (unpaired) electrons. The molecule has 5 aromatic rings. The highest BCUT2D eigenvalue weighted by atomic mass is 35.5. The van der Waals surface area contributed by atoms with Gasteiger partial charge in [0.25, 0.3) is 11.0 Å². The molecule has 3 heterocycles. The van der Waals surface area contributed by atoms with Crippen LogP contribution in [-0.2, 0) is 6.18 Å². The summed E-state index contributed by atoms with van der Waals surface area (Å²) in [5.74, 6) is 0.519. The molecule has 3 aromatic heterocycles. The molecule has 0 spiro atoms. The van der Waals surface area contributed by atoms with E-state index >= 15 is 0 Å². The van der Waals surface area contributed by atoms with Crippen LogP contribution in [0.25, 0.3) is 28.5 Å². The van der Waals surface area contributed by atoms with Gasteiger partial charge in [-0.1, -0.05) is 23.7 Å². The van der Waals surface area contributed by atoms with Crippen LogP contribution >= 0.6 is 23.4 Å². The number of nitrogens with zero attached hydrogens (tertiary/aromatic N) is 6. The van der Waals surface area contributed by atoms with E-state index in [-0.39, 0.29) is 11.0 Å². The summed E-state index contributed by atoms with van der Waals surface area (Å²) in [5.41, 5.74) is 0.520. The van der Waals surface area contributed by atoms with E-state index in [4.69, 9.17) is 16.0 Å². The first-order valence-electron chi connectivity index (χ1n) is 9.02. The van der Waals surface area contributed by atoms with Crippen LogP contribution in [0.4, 0.5) is 13.2 Å². The van der Waals surface area contributed by atoms with Crippen molar-refractivity contribution >= 4 is 29.1 Å². The summed E-state index contributed by atoms with van der Waals surface area (Å²) in [6.45, 7) is 0. The number of fused-ring (bicyclic) bond motifs is 1. The Morgan fingerprint density at radius 2 is 1.78 bits per heavy atom. The van der Waals surface area contributed by atoms with E-state index in [1.807, 2.05) is 0 Å². The summed E-state index contributed by atoms with van der Waals surface area (Å²) in [6, 6.07) is 13.4. The third-order valence-electron chi connectivity index (χ3n) is 4.39. The second-order valence-corrected chi connectivity index (χ2v) is 7.92. The van der Waals surface area contributed by atoms with Gasteiger partial charge >= 0.3 is 6.18 Å². The van der Waals surface area contributed by atoms with E-state index in [0.717, 1.165) is 23.9 Å². The summed E-state index contributed by atoms with van der Waals surface area (Å²) in [6.07, 6.45) is -3.16. The molecule has 0 aliphatic heterocycles. The minimum atomic E-state index is -4.46. The van der Waals surface area contributed by atoms with Gasteiger partial charge in [-0.3, -0.25) is 0 Å². The van der Waals surface area contributed by atoms with Gasteiger partial charge in [0.05, 0.1) is 11.3 Å². The highest BCUT2D eigenvalue weighted by molar-refractivity contribution is 7.99. The number of hydrogen-bond acceptors (Lipinski definition) is 7. The maximum Gasteiger partial charge on any atom is 0.416 e. The van der Waals surface area contributed by atoms with E-state index in [1.165, 1.54) is 16.9 Å². The topological polar surface area (TPSA) is 82.0 Å². The second-order valence-electron chi connectivity index (χ2n) is 6.51. The standard InChI is InChI=1S/C20H10ClF3N6OS/c21-14-6-4-11(5-7-14)17-28-29-19(31-17)32-16-9-15(27-18-25-10-26-30(16)18)12-2-1-3-13(8-12)20(22,23)24/h1-10H. The van der Waals surface area contributed by atoms with Crippen molar-refractivity contribution < 1.29 is 17.6 Å². The molecule has 0 aliphatic rings. The molecule has 0 fully saturated rings. The van der Waals surface area contributed by atoms with Crippen LogP contribution < -0.4 is 0 Å². The Labute approximate surface area is 187 Å². The van der Waals surface area contributed by atoms with E-state index in [1.54, 1.807) is 36.4 Å². The largest absolute Gasteiger partial charge is 0.416 e. The van der Waals surface area contributed by atoms with Gasteiger partial charge in [-0.05, 0) is 54.2 Å². The zero-order valence-corrected chi connectivity index (χ0v) is 17.4. The molecule has 0 atom stereocenters. The summed E-state index contributed by atoms with van der Waals surface area (Å²) in [7, 11) is 0. The van der Waals surface area contributed by atoms with Crippen molar-refractivity contribution in [3.63, 3.8) is 0 Å². The van der Waals surface area contributed by atoms with Crippen LogP contribution in [0.1, 0.15) is 5.56 Å². The van der Waals surface area contributed by atoms with Gasteiger partial charge in [-0.15, -0.1) is 10.2 Å². The molecule has 0 saturated heterocycles. The number of alkyl halides is 3. The Morgan fingerprint density at radius 1 is 0.969 bits per heavy atom. The van der Waals surface area contributed by atoms with Gasteiger partial charge in [-0.2, -0.15) is 27.8 Å². The normalized spacial score (nSPS) is 11.9. The predicted octanol–water partition coefficient (Wildman–Crippen LogP) is 5.66. The van der Waals surface area contributed by atoms with Gasteiger partial charge in [-0.25, -0.2) is 4.98 Å². The lowest BCUT2D eigenvalue weighted by molar-refractivity contribution is -0.137. The Morgan fingerprint density at radius 3 is 2.56 bits per heavy atom. The SMILES string of the molecule is FC(F)(F)c1cccc(-c2cc(Sc3nnc(-c4ccc(Cl)cc4)o3)n3ncnc3n2)c1. The van der Waals surface area contributed by atoms with Crippen molar-refractivity contribution in [1.82, 2.24) is 29.8 Å². The predicted molar refractivity (Wildman–Crippen MR) is 110 cm³/mol. The van der Waals surface area contributed by atoms with E-state index in [0.29, 0.717) is 32.8 Å².